The molecule has 0 aliphatic heterocycles. The Morgan fingerprint density at radius 2 is 0.759 bits per heavy atom. The summed E-state index contributed by atoms with van der Waals surface area (Å²) in [5.74, 6) is 0. The number of nitrogens with zero attached hydrogens (tertiary/aromatic N) is 1. The number of anilines is 3. The van der Waals surface area contributed by atoms with Gasteiger partial charge in [-0.05, 0) is 104 Å². The number of hydrogen-bond acceptors (Lipinski definition) is 2. The van der Waals surface area contributed by atoms with Gasteiger partial charge < -0.3 is 9.32 Å². The molecule has 0 bridgehead atoms. The molecule has 0 aliphatic rings. The van der Waals surface area contributed by atoms with E-state index >= 15 is 0 Å². The fourth-order valence-corrected chi connectivity index (χ4v) is 7.77. The Morgan fingerprint density at radius 3 is 1.35 bits per heavy atom. The van der Waals surface area contributed by atoms with Crippen LogP contribution >= 0.6 is 0 Å². The third-order valence-electron chi connectivity index (χ3n) is 10.5. The van der Waals surface area contributed by atoms with Crippen LogP contribution in [0, 0.1) is 0 Å². The van der Waals surface area contributed by atoms with Crippen LogP contribution in [0.15, 0.2) is 217 Å². The number of hydrogen-bond donors (Lipinski definition) is 0. The average Bonchev–Trinajstić information content (AvgIpc) is 3.63. The molecule has 2 heteroatoms. The van der Waals surface area contributed by atoms with E-state index in [9.17, 15) is 0 Å². The summed E-state index contributed by atoms with van der Waals surface area (Å²) in [5.41, 5.74) is 14.6. The summed E-state index contributed by atoms with van der Waals surface area (Å²) in [6, 6.07) is 75.8. The fraction of sp³-hybridized carbons (Fsp3) is 0. The first kappa shape index (κ1) is 31.6. The van der Waals surface area contributed by atoms with Crippen molar-refractivity contribution in [3.63, 3.8) is 0 Å². The van der Waals surface area contributed by atoms with Gasteiger partial charge in [-0.3, -0.25) is 0 Å². The zero-order valence-corrected chi connectivity index (χ0v) is 29.6. The summed E-state index contributed by atoms with van der Waals surface area (Å²) in [5, 5.41) is 4.51. The van der Waals surface area contributed by atoms with Crippen molar-refractivity contribution in [2.75, 3.05) is 4.90 Å². The van der Waals surface area contributed by atoms with Gasteiger partial charge in [-0.15, -0.1) is 0 Å². The highest BCUT2D eigenvalue weighted by atomic mass is 16.3. The molecule has 9 aromatic carbocycles. The molecule has 0 N–H and O–H groups in total. The Hall–Kier alpha value is -7.16. The Labute approximate surface area is 314 Å². The van der Waals surface area contributed by atoms with Gasteiger partial charge in [-0.2, -0.15) is 0 Å². The molecular weight excluding hydrogens is 655 g/mol. The molecule has 0 aliphatic carbocycles. The summed E-state index contributed by atoms with van der Waals surface area (Å²) >= 11 is 0. The minimum atomic E-state index is 0.893. The lowest BCUT2D eigenvalue weighted by Crippen LogP contribution is -2.10. The molecule has 1 aromatic heterocycles. The first-order valence-electron chi connectivity index (χ1n) is 18.4. The van der Waals surface area contributed by atoms with E-state index in [1.54, 1.807) is 0 Å². The summed E-state index contributed by atoms with van der Waals surface area (Å²) in [6.07, 6.45) is 0. The molecule has 0 amide bonds. The van der Waals surface area contributed by atoms with Crippen molar-refractivity contribution in [3.8, 4) is 44.5 Å². The Bertz CT molecular complexity index is 2810. The van der Waals surface area contributed by atoms with Crippen LogP contribution in [0.3, 0.4) is 0 Å². The third-order valence-corrected chi connectivity index (χ3v) is 10.5. The molecule has 0 saturated carbocycles. The minimum Gasteiger partial charge on any atom is -0.455 e. The van der Waals surface area contributed by atoms with Gasteiger partial charge in [-0.1, -0.05) is 158 Å². The maximum Gasteiger partial charge on any atom is 0.143 e. The summed E-state index contributed by atoms with van der Waals surface area (Å²) in [7, 11) is 0. The van der Waals surface area contributed by atoms with Crippen molar-refractivity contribution in [2.45, 2.75) is 0 Å². The topological polar surface area (TPSA) is 16.4 Å². The monoisotopic (exact) mass is 689 g/mol. The van der Waals surface area contributed by atoms with Gasteiger partial charge in [-0.25, -0.2) is 0 Å². The molecule has 0 saturated heterocycles. The highest BCUT2D eigenvalue weighted by Gasteiger charge is 2.18. The highest BCUT2D eigenvalue weighted by Crippen LogP contribution is 2.43. The molecule has 0 fully saturated rings. The van der Waals surface area contributed by atoms with Gasteiger partial charge in [0.1, 0.15) is 11.2 Å². The molecule has 1 heterocycles. The summed E-state index contributed by atoms with van der Waals surface area (Å²) in [6.45, 7) is 0. The van der Waals surface area contributed by atoms with Crippen LogP contribution in [0.1, 0.15) is 0 Å². The lowest BCUT2D eigenvalue weighted by Gasteiger charge is -2.26. The number of furan rings is 1. The largest absolute Gasteiger partial charge is 0.455 e. The Morgan fingerprint density at radius 1 is 0.278 bits per heavy atom. The van der Waals surface area contributed by atoms with Crippen molar-refractivity contribution in [3.05, 3.63) is 212 Å². The van der Waals surface area contributed by atoms with Crippen LogP contribution in [0.5, 0.6) is 0 Å². The standard InChI is InChI=1S/C52H35NO/c1-4-13-36(14-5-1)39-23-28-43(29-24-39)53(44-30-25-40(26-31-44)37-15-6-2-7-16-37)45-20-12-19-42(33-45)48-35-50-49-34-41(38-17-8-3-9-18-38)27-32-51(49)54-52(50)47-22-11-10-21-46(47)48/h1-35H. The lowest BCUT2D eigenvalue weighted by molar-refractivity contribution is 0.673. The SMILES string of the molecule is c1ccc(-c2ccc(N(c3ccc(-c4ccccc4)cc3)c3cccc(-c4cc5c6cc(-c7ccccc7)ccc6oc5c5ccccc45)c3)cc2)cc1. The Balaban J connectivity index is 1.12. The van der Waals surface area contributed by atoms with Crippen molar-refractivity contribution < 1.29 is 4.42 Å². The highest BCUT2D eigenvalue weighted by molar-refractivity contribution is 6.19. The second kappa shape index (κ2) is 13.4. The van der Waals surface area contributed by atoms with Gasteiger partial charge in [0.2, 0.25) is 0 Å². The van der Waals surface area contributed by atoms with Gasteiger partial charge in [0, 0.05) is 33.2 Å². The summed E-state index contributed by atoms with van der Waals surface area (Å²) < 4.78 is 6.60. The molecule has 254 valence electrons. The average molecular weight is 690 g/mol. The molecule has 0 spiro atoms. The molecule has 0 radical (unpaired) electrons. The predicted octanol–water partition coefficient (Wildman–Crippen LogP) is 14.9. The van der Waals surface area contributed by atoms with E-state index in [2.05, 4.69) is 217 Å². The third kappa shape index (κ3) is 5.71. The number of rotatable bonds is 7. The lowest BCUT2D eigenvalue weighted by atomic mass is 9.94. The van der Waals surface area contributed by atoms with E-state index in [-0.39, 0.29) is 0 Å². The van der Waals surface area contributed by atoms with Crippen LogP contribution in [0.4, 0.5) is 17.1 Å². The second-order valence-corrected chi connectivity index (χ2v) is 13.7. The summed E-state index contributed by atoms with van der Waals surface area (Å²) in [4.78, 5) is 2.35. The maximum atomic E-state index is 6.60. The molecular formula is C52H35NO. The predicted molar refractivity (Wildman–Crippen MR) is 228 cm³/mol. The van der Waals surface area contributed by atoms with Crippen molar-refractivity contribution in [1.29, 1.82) is 0 Å². The van der Waals surface area contributed by atoms with Gasteiger partial charge in [0.25, 0.3) is 0 Å². The van der Waals surface area contributed by atoms with Crippen LogP contribution < -0.4 is 4.90 Å². The Kier molecular flexibility index (Phi) is 7.85. The van der Waals surface area contributed by atoms with Crippen molar-refractivity contribution in [1.82, 2.24) is 0 Å². The number of fused-ring (bicyclic) bond motifs is 5. The first-order valence-corrected chi connectivity index (χ1v) is 18.4. The molecule has 0 unspecified atom stereocenters. The van der Waals surface area contributed by atoms with E-state index in [0.717, 1.165) is 55.3 Å². The molecule has 54 heavy (non-hydrogen) atoms. The maximum absolute atomic E-state index is 6.60. The molecule has 0 atom stereocenters. The smallest absolute Gasteiger partial charge is 0.143 e. The molecule has 2 nitrogen and oxygen atoms in total. The van der Waals surface area contributed by atoms with E-state index in [1.165, 1.54) is 38.9 Å². The van der Waals surface area contributed by atoms with Crippen molar-refractivity contribution in [2.24, 2.45) is 0 Å². The van der Waals surface area contributed by atoms with Crippen LogP contribution in [0.2, 0.25) is 0 Å². The molecule has 10 rings (SSSR count). The number of benzene rings is 9. The van der Waals surface area contributed by atoms with Crippen LogP contribution in [0.25, 0.3) is 77.2 Å². The van der Waals surface area contributed by atoms with Gasteiger partial charge in [0.15, 0.2) is 0 Å². The van der Waals surface area contributed by atoms with Gasteiger partial charge in [0.05, 0.1) is 0 Å². The van der Waals surface area contributed by atoms with Gasteiger partial charge >= 0.3 is 0 Å². The molecule has 10 aromatic rings. The second-order valence-electron chi connectivity index (χ2n) is 13.7. The van der Waals surface area contributed by atoms with E-state index in [1.807, 2.05) is 0 Å². The van der Waals surface area contributed by atoms with E-state index < -0.39 is 0 Å². The normalized spacial score (nSPS) is 11.3. The van der Waals surface area contributed by atoms with Crippen molar-refractivity contribution >= 4 is 49.8 Å². The zero-order valence-electron chi connectivity index (χ0n) is 29.6. The quantitative estimate of drug-likeness (QED) is 0.166. The van der Waals surface area contributed by atoms with E-state index in [4.69, 9.17) is 4.42 Å². The van der Waals surface area contributed by atoms with Crippen LogP contribution in [-0.4, -0.2) is 0 Å². The van der Waals surface area contributed by atoms with Crippen LogP contribution in [-0.2, 0) is 0 Å². The zero-order chi connectivity index (χ0) is 35.8. The van der Waals surface area contributed by atoms with E-state index in [0.29, 0.717) is 0 Å². The minimum absolute atomic E-state index is 0.893. The fourth-order valence-electron chi connectivity index (χ4n) is 7.77. The first-order chi connectivity index (χ1) is 26.8.